The van der Waals surface area contributed by atoms with E-state index in [2.05, 4.69) is 13.0 Å². The third kappa shape index (κ3) is 5.00. The molecule has 0 fully saturated rings. The quantitative estimate of drug-likeness (QED) is 0.258. The Hall–Kier alpha value is -3.95. The number of carbonyl (C=O) groups is 1. The molecule has 1 aliphatic rings. The number of fused-ring (bicyclic) bond motifs is 1. The monoisotopic (exact) mass is 474 g/mol. The van der Waals surface area contributed by atoms with Crippen LogP contribution in [-0.2, 0) is 0 Å². The van der Waals surface area contributed by atoms with Crippen molar-refractivity contribution in [3.63, 3.8) is 0 Å². The van der Waals surface area contributed by atoms with E-state index in [0.717, 1.165) is 29.7 Å². The number of allylic oxidation sites excluding steroid dienone is 1. The van der Waals surface area contributed by atoms with Gasteiger partial charge in [-0.25, -0.2) is 4.79 Å². The maximum Gasteiger partial charge on any atom is 0.343 e. The van der Waals surface area contributed by atoms with Crippen LogP contribution < -0.4 is 19.9 Å². The first-order valence-electron chi connectivity index (χ1n) is 10.9. The van der Waals surface area contributed by atoms with E-state index in [9.17, 15) is 10.1 Å². The largest absolute Gasteiger partial charge is 0.494 e. The van der Waals surface area contributed by atoms with E-state index in [1.54, 1.807) is 36.4 Å². The van der Waals surface area contributed by atoms with Crippen LogP contribution in [-0.4, -0.2) is 12.6 Å². The SMILES string of the molecule is CCCCOc1cccc(C2C(C#N)=C(N)Oc3cc(OC(=O)c4cccc(Cl)c4)ccc32)c1. The highest BCUT2D eigenvalue weighted by molar-refractivity contribution is 6.30. The standard InChI is InChI=1S/C27H23ClN2O4/c1-2-3-12-32-20-9-5-6-17(14-20)25-22-11-10-21(15-24(22)34-26(30)23(25)16-29)33-27(31)18-7-4-8-19(28)13-18/h4-11,13-15,25H,2-3,12,30H2,1H3. The van der Waals surface area contributed by atoms with Gasteiger partial charge in [0, 0.05) is 16.7 Å². The zero-order valence-electron chi connectivity index (χ0n) is 18.6. The van der Waals surface area contributed by atoms with Crippen molar-refractivity contribution in [1.82, 2.24) is 0 Å². The molecular weight excluding hydrogens is 452 g/mol. The van der Waals surface area contributed by atoms with Crippen molar-refractivity contribution in [3.8, 4) is 23.3 Å². The minimum atomic E-state index is -0.548. The number of hydrogen-bond donors (Lipinski definition) is 1. The number of halogens is 1. The molecule has 0 aliphatic carbocycles. The van der Waals surface area contributed by atoms with Crippen LogP contribution in [0.25, 0.3) is 0 Å². The lowest BCUT2D eigenvalue weighted by atomic mass is 9.83. The molecule has 0 radical (unpaired) electrons. The molecule has 3 aromatic rings. The average Bonchev–Trinajstić information content (AvgIpc) is 2.83. The Morgan fingerprint density at radius 3 is 2.71 bits per heavy atom. The summed E-state index contributed by atoms with van der Waals surface area (Å²) < 4.78 is 17.1. The van der Waals surface area contributed by atoms with Crippen molar-refractivity contribution >= 4 is 17.6 Å². The molecule has 1 atom stereocenters. The van der Waals surface area contributed by atoms with Crippen LogP contribution in [0.4, 0.5) is 0 Å². The summed E-state index contributed by atoms with van der Waals surface area (Å²) in [6.45, 7) is 2.72. The number of nitrogens with two attached hydrogens (primary N) is 1. The third-order valence-corrected chi connectivity index (χ3v) is 5.65. The summed E-state index contributed by atoms with van der Waals surface area (Å²) in [5.41, 5.74) is 8.33. The minimum Gasteiger partial charge on any atom is -0.494 e. The number of nitriles is 1. The summed E-state index contributed by atoms with van der Waals surface area (Å²) in [6, 6.07) is 21.3. The molecule has 172 valence electrons. The van der Waals surface area contributed by atoms with Gasteiger partial charge >= 0.3 is 5.97 Å². The highest BCUT2D eigenvalue weighted by atomic mass is 35.5. The van der Waals surface area contributed by atoms with E-state index >= 15 is 0 Å². The first-order chi connectivity index (χ1) is 16.5. The minimum absolute atomic E-state index is 0.00984. The van der Waals surface area contributed by atoms with Crippen LogP contribution in [0.15, 0.2) is 78.2 Å². The average molecular weight is 475 g/mol. The molecule has 2 N–H and O–H groups in total. The van der Waals surface area contributed by atoms with Gasteiger partial charge in [-0.3, -0.25) is 0 Å². The first kappa shape index (κ1) is 23.2. The molecular formula is C27H23ClN2O4. The number of unbranched alkanes of at least 4 members (excludes halogenated alkanes) is 1. The number of ether oxygens (including phenoxy) is 3. The summed E-state index contributed by atoms with van der Waals surface area (Å²) >= 11 is 5.97. The molecule has 0 bridgehead atoms. The first-order valence-corrected chi connectivity index (χ1v) is 11.3. The van der Waals surface area contributed by atoms with E-state index in [-0.39, 0.29) is 11.6 Å². The molecule has 1 aliphatic heterocycles. The van der Waals surface area contributed by atoms with Crippen molar-refractivity contribution in [1.29, 1.82) is 5.26 Å². The predicted molar refractivity (Wildman–Crippen MR) is 129 cm³/mol. The van der Waals surface area contributed by atoms with Gasteiger partial charge in [0.05, 0.1) is 18.1 Å². The van der Waals surface area contributed by atoms with Crippen molar-refractivity contribution < 1.29 is 19.0 Å². The summed E-state index contributed by atoms with van der Waals surface area (Å²) in [7, 11) is 0. The zero-order chi connectivity index (χ0) is 24.1. The third-order valence-electron chi connectivity index (χ3n) is 5.42. The van der Waals surface area contributed by atoms with Crippen LogP contribution in [0.2, 0.25) is 5.02 Å². The van der Waals surface area contributed by atoms with Gasteiger partial charge in [0.2, 0.25) is 5.88 Å². The fourth-order valence-electron chi connectivity index (χ4n) is 3.74. The summed E-state index contributed by atoms with van der Waals surface area (Å²) in [6.07, 6.45) is 1.99. The summed E-state index contributed by atoms with van der Waals surface area (Å²) in [5.74, 6) is 0.439. The molecule has 1 heterocycles. The molecule has 0 saturated heterocycles. The smallest absolute Gasteiger partial charge is 0.343 e. The molecule has 3 aromatic carbocycles. The number of hydrogen-bond acceptors (Lipinski definition) is 6. The molecule has 4 rings (SSSR count). The Balaban J connectivity index is 1.65. The highest BCUT2D eigenvalue weighted by Crippen LogP contribution is 2.44. The molecule has 6 nitrogen and oxygen atoms in total. The lowest BCUT2D eigenvalue weighted by Crippen LogP contribution is -2.21. The van der Waals surface area contributed by atoms with Crippen LogP contribution in [0.5, 0.6) is 17.2 Å². The molecule has 7 heteroatoms. The molecule has 0 amide bonds. The van der Waals surface area contributed by atoms with Crippen molar-refractivity contribution in [2.45, 2.75) is 25.7 Å². The van der Waals surface area contributed by atoms with Gasteiger partial charge in [0.15, 0.2) is 0 Å². The Morgan fingerprint density at radius 2 is 1.94 bits per heavy atom. The normalized spacial score (nSPS) is 14.6. The topological polar surface area (TPSA) is 94.6 Å². The number of rotatable bonds is 7. The second-order valence-electron chi connectivity index (χ2n) is 7.80. The fourth-order valence-corrected chi connectivity index (χ4v) is 3.93. The molecule has 1 unspecified atom stereocenters. The van der Waals surface area contributed by atoms with E-state index in [1.807, 2.05) is 24.3 Å². The lowest BCUT2D eigenvalue weighted by molar-refractivity contribution is 0.0734. The second kappa shape index (κ2) is 10.3. The van der Waals surface area contributed by atoms with E-state index in [4.69, 9.17) is 31.5 Å². The number of carbonyl (C=O) groups excluding carboxylic acids is 1. The van der Waals surface area contributed by atoms with Gasteiger partial charge in [0.25, 0.3) is 0 Å². The van der Waals surface area contributed by atoms with Gasteiger partial charge in [-0.15, -0.1) is 0 Å². The number of benzene rings is 3. The summed E-state index contributed by atoms with van der Waals surface area (Å²) in [4.78, 5) is 12.5. The Kier molecular flexibility index (Phi) is 7.05. The number of nitrogens with zero attached hydrogens (tertiary/aromatic N) is 1. The van der Waals surface area contributed by atoms with E-state index < -0.39 is 11.9 Å². The van der Waals surface area contributed by atoms with Crippen LogP contribution in [0, 0.1) is 11.3 Å². The van der Waals surface area contributed by atoms with Gasteiger partial charge in [0.1, 0.15) is 28.9 Å². The van der Waals surface area contributed by atoms with E-state index in [0.29, 0.717) is 28.5 Å². The molecule has 34 heavy (non-hydrogen) atoms. The molecule has 0 aromatic heterocycles. The maximum absolute atomic E-state index is 12.5. The van der Waals surface area contributed by atoms with Crippen LogP contribution in [0.3, 0.4) is 0 Å². The summed E-state index contributed by atoms with van der Waals surface area (Å²) in [5, 5.41) is 10.2. The fraction of sp³-hybridized carbons (Fsp3) is 0.185. The van der Waals surface area contributed by atoms with Gasteiger partial charge < -0.3 is 19.9 Å². The number of esters is 1. The Labute approximate surface area is 203 Å². The van der Waals surface area contributed by atoms with Crippen LogP contribution in [0.1, 0.15) is 47.2 Å². The second-order valence-corrected chi connectivity index (χ2v) is 8.24. The van der Waals surface area contributed by atoms with Crippen molar-refractivity contribution in [3.05, 3.63) is 99.9 Å². The van der Waals surface area contributed by atoms with Crippen molar-refractivity contribution in [2.24, 2.45) is 5.73 Å². The van der Waals surface area contributed by atoms with Gasteiger partial charge in [-0.1, -0.05) is 49.2 Å². The molecule has 0 saturated carbocycles. The molecule has 0 spiro atoms. The van der Waals surface area contributed by atoms with Crippen molar-refractivity contribution in [2.75, 3.05) is 6.61 Å². The lowest BCUT2D eigenvalue weighted by Gasteiger charge is -2.27. The highest BCUT2D eigenvalue weighted by Gasteiger charge is 2.31. The maximum atomic E-state index is 12.5. The Bertz CT molecular complexity index is 1300. The van der Waals surface area contributed by atoms with Gasteiger partial charge in [-0.05, 0) is 48.4 Å². The van der Waals surface area contributed by atoms with Crippen LogP contribution >= 0.6 is 11.6 Å². The predicted octanol–water partition coefficient (Wildman–Crippen LogP) is 5.96. The zero-order valence-corrected chi connectivity index (χ0v) is 19.3. The Morgan fingerprint density at radius 1 is 1.12 bits per heavy atom. The van der Waals surface area contributed by atoms with E-state index in [1.165, 1.54) is 6.07 Å². The van der Waals surface area contributed by atoms with Gasteiger partial charge in [-0.2, -0.15) is 5.26 Å².